The number of aliphatic hydroxyl groups is 1. The lowest BCUT2D eigenvalue weighted by molar-refractivity contribution is -0.137. The van der Waals surface area contributed by atoms with E-state index < -0.39 is 0 Å². The van der Waals surface area contributed by atoms with Crippen molar-refractivity contribution in [3.63, 3.8) is 0 Å². The van der Waals surface area contributed by atoms with E-state index in [2.05, 4.69) is 0 Å². The van der Waals surface area contributed by atoms with Gasteiger partial charge in [0.1, 0.15) is 0 Å². The first-order valence-corrected chi connectivity index (χ1v) is 5.22. The van der Waals surface area contributed by atoms with Gasteiger partial charge >= 0.3 is 5.97 Å². The minimum absolute atomic E-state index is 0.000522. The molecule has 86 valence electrons. The van der Waals surface area contributed by atoms with E-state index >= 15 is 0 Å². The lowest BCUT2D eigenvalue weighted by Crippen LogP contribution is -1.98. The fraction of sp³-hybridized carbons (Fsp3) is 0.308. The molecule has 0 bridgehead atoms. The predicted molar refractivity (Wildman–Crippen MR) is 62.8 cm³/mol. The van der Waals surface area contributed by atoms with Gasteiger partial charge in [0, 0.05) is 6.08 Å². The number of hydrogen-bond acceptors (Lipinski definition) is 3. The van der Waals surface area contributed by atoms with Gasteiger partial charge < -0.3 is 9.84 Å². The molecular formula is C13H16O3. The van der Waals surface area contributed by atoms with Crippen LogP contribution in [-0.2, 0) is 16.1 Å². The van der Waals surface area contributed by atoms with E-state index in [4.69, 9.17) is 9.84 Å². The van der Waals surface area contributed by atoms with E-state index in [-0.39, 0.29) is 12.6 Å². The molecule has 0 saturated heterocycles. The summed E-state index contributed by atoms with van der Waals surface area (Å²) in [7, 11) is 0. The summed E-state index contributed by atoms with van der Waals surface area (Å²) in [5.74, 6) is -0.351. The summed E-state index contributed by atoms with van der Waals surface area (Å²) in [6.45, 7) is 4.09. The minimum atomic E-state index is -0.351. The van der Waals surface area contributed by atoms with Crippen LogP contribution in [0, 0.1) is 6.92 Å². The van der Waals surface area contributed by atoms with Crippen molar-refractivity contribution in [1.82, 2.24) is 0 Å². The Kier molecular flexibility index (Phi) is 4.73. The molecule has 0 radical (unpaired) electrons. The summed E-state index contributed by atoms with van der Waals surface area (Å²) < 4.78 is 4.78. The van der Waals surface area contributed by atoms with Crippen LogP contribution in [0.1, 0.15) is 23.6 Å². The molecule has 16 heavy (non-hydrogen) atoms. The van der Waals surface area contributed by atoms with Gasteiger partial charge in [0.25, 0.3) is 0 Å². The number of hydrogen-bond donors (Lipinski definition) is 1. The Morgan fingerprint density at radius 3 is 2.88 bits per heavy atom. The second-order valence-corrected chi connectivity index (χ2v) is 3.43. The summed E-state index contributed by atoms with van der Waals surface area (Å²) in [4.78, 5) is 11.1. The lowest BCUT2D eigenvalue weighted by atomic mass is 10.0. The van der Waals surface area contributed by atoms with Crippen LogP contribution in [0.3, 0.4) is 0 Å². The smallest absolute Gasteiger partial charge is 0.330 e. The second-order valence-electron chi connectivity index (χ2n) is 3.43. The van der Waals surface area contributed by atoms with Crippen molar-refractivity contribution < 1.29 is 14.6 Å². The molecule has 0 saturated carbocycles. The second kappa shape index (κ2) is 6.08. The third kappa shape index (κ3) is 3.51. The van der Waals surface area contributed by atoms with Gasteiger partial charge in [0.15, 0.2) is 0 Å². The van der Waals surface area contributed by atoms with E-state index in [1.165, 1.54) is 6.08 Å². The molecule has 0 spiro atoms. The van der Waals surface area contributed by atoms with Gasteiger partial charge in [-0.2, -0.15) is 0 Å². The first-order chi connectivity index (χ1) is 7.67. The molecule has 1 aromatic carbocycles. The Morgan fingerprint density at radius 1 is 1.50 bits per heavy atom. The normalized spacial score (nSPS) is 10.7. The standard InChI is InChI=1S/C13H16O3/c1-3-16-13(15)7-6-12-8-11(9-14)5-4-10(12)2/h4-8,14H,3,9H2,1-2H3. The van der Waals surface area contributed by atoms with Crippen LogP contribution in [-0.4, -0.2) is 17.7 Å². The predicted octanol–water partition coefficient (Wildman–Crippen LogP) is 2.06. The number of ether oxygens (including phenoxy) is 1. The molecule has 1 N–H and O–H groups in total. The highest BCUT2D eigenvalue weighted by Crippen LogP contribution is 2.13. The average molecular weight is 220 g/mol. The van der Waals surface area contributed by atoms with Crippen LogP contribution in [0.25, 0.3) is 6.08 Å². The van der Waals surface area contributed by atoms with Gasteiger partial charge in [0.05, 0.1) is 13.2 Å². The van der Waals surface area contributed by atoms with Crippen molar-refractivity contribution in [2.45, 2.75) is 20.5 Å². The molecule has 0 heterocycles. The largest absolute Gasteiger partial charge is 0.463 e. The first-order valence-electron chi connectivity index (χ1n) is 5.22. The number of esters is 1. The number of rotatable bonds is 4. The van der Waals surface area contributed by atoms with Gasteiger partial charge in [-0.25, -0.2) is 4.79 Å². The highest BCUT2D eigenvalue weighted by molar-refractivity contribution is 5.87. The summed E-state index contributed by atoms with van der Waals surface area (Å²) in [5, 5.41) is 9.00. The van der Waals surface area contributed by atoms with Gasteiger partial charge in [-0.1, -0.05) is 12.1 Å². The van der Waals surface area contributed by atoms with Crippen LogP contribution >= 0.6 is 0 Å². The summed E-state index contributed by atoms with van der Waals surface area (Å²) in [6.07, 6.45) is 3.10. The molecule has 0 aliphatic carbocycles. The molecular weight excluding hydrogens is 204 g/mol. The first kappa shape index (κ1) is 12.5. The Balaban J connectivity index is 2.83. The maximum absolute atomic E-state index is 11.1. The van der Waals surface area contributed by atoms with Crippen molar-refractivity contribution in [2.24, 2.45) is 0 Å². The van der Waals surface area contributed by atoms with E-state index in [1.807, 2.05) is 25.1 Å². The molecule has 3 nitrogen and oxygen atoms in total. The number of carbonyl (C=O) groups is 1. The van der Waals surface area contributed by atoms with Gasteiger partial charge in [-0.3, -0.25) is 0 Å². The van der Waals surface area contributed by atoms with Crippen molar-refractivity contribution in [3.05, 3.63) is 41.0 Å². The lowest BCUT2D eigenvalue weighted by Gasteiger charge is -2.03. The quantitative estimate of drug-likeness (QED) is 0.624. The summed E-state index contributed by atoms with van der Waals surface area (Å²) in [6, 6.07) is 5.62. The maximum Gasteiger partial charge on any atom is 0.330 e. The topological polar surface area (TPSA) is 46.5 Å². The van der Waals surface area contributed by atoms with Crippen LogP contribution in [0.2, 0.25) is 0 Å². The number of aryl methyl sites for hydroxylation is 1. The van der Waals surface area contributed by atoms with Crippen LogP contribution in [0.4, 0.5) is 0 Å². The fourth-order valence-electron chi connectivity index (χ4n) is 1.32. The number of aliphatic hydroxyl groups excluding tert-OH is 1. The molecule has 1 aromatic rings. The molecule has 0 fully saturated rings. The molecule has 3 heteroatoms. The Hall–Kier alpha value is -1.61. The minimum Gasteiger partial charge on any atom is -0.463 e. The maximum atomic E-state index is 11.1. The highest BCUT2D eigenvalue weighted by Gasteiger charge is 1.98. The van der Waals surface area contributed by atoms with E-state index in [0.29, 0.717) is 6.61 Å². The van der Waals surface area contributed by atoms with Crippen molar-refractivity contribution in [2.75, 3.05) is 6.61 Å². The SMILES string of the molecule is CCOC(=O)C=Cc1cc(CO)ccc1C. The molecule has 0 aromatic heterocycles. The molecule has 0 aliphatic heterocycles. The summed E-state index contributed by atoms with van der Waals surface area (Å²) in [5.41, 5.74) is 2.80. The zero-order chi connectivity index (χ0) is 12.0. The monoisotopic (exact) mass is 220 g/mol. The molecule has 0 aliphatic rings. The van der Waals surface area contributed by atoms with Gasteiger partial charge in [-0.15, -0.1) is 0 Å². The molecule has 0 atom stereocenters. The zero-order valence-corrected chi connectivity index (χ0v) is 9.56. The van der Waals surface area contributed by atoms with Crippen LogP contribution in [0.15, 0.2) is 24.3 Å². The van der Waals surface area contributed by atoms with E-state index in [9.17, 15) is 4.79 Å². The fourth-order valence-corrected chi connectivity index (χ4v) is 1.32. The van der Waals surface area contributed by atoms with E-state index in [0.717, 1.165) is 16.7 Å². The van der Waals surface area contributed by atoms with Crippen molar-refractivity contribution in [1.29, 1.82) is 0 Å². The van der Waals surface area contributed by atoms with Gasteiger partial charge in [-0.05, 0) is 42.7 Å². The summed E-state index contributed by atoms with van der Waals surface area (Å²) >= 11 is 0. The third-order valence-electron chi connectivity index (χ3n) is 2.21. The zero-order valence-electron chi connectivity index (χ0n) is 9.56. The van der Waals surface area contributed by atoms with Crippen LogP contribution < -0.4 is 0 Å². The highest BCUT2D eigenvalue weighted by atomic mass is 16.5. The molecule has 1 rings (SSSR count). The molecule has 0 unspecified atom stereocenters. The Labute approximate surface area is 95.4 Å². The Bertz CT molecular complexity index is 394. The van der Waals surface area contributed by atoms with E-state index in [1.54, 1.807) is 13.0 Å². The van der Waals surface area contributed by atoms with Crippen molar-refractivity contribution in [3.8, 4) is 0 Å². The van der Waals surface area contributed by atoms with Crippen LogP contribution in [0.5, 0.6) is 0 Å². The number of benzene rings is 1. The third-order valence-corrected chi connectivity index (χ3v) is 2.21. The number of carbonyl (C=O) groups excluding carboxylic acids is 1. The van der Waals surface area contributed by atoms with Gasteiger partial charge in [0.2, 0.25) is 0 Å². The Morgan fingerprint density at radius 2 is 2.25 bits per heavy atom. The van der Waals surface area contributed by atoms with Crippen molar-refractivity contribution >= 4 is 12.0 Å². The molecule has 0 amide bonds. The average Bonchev–Trinajstić information content (AvgIpc) is 2.28.